The van der Waals surface area contributed by atoms with Gasteiger partial charge in [0.2, 0.25) is 0 Å². The largest absolute Gasteiger partial charge is 1.00 e. The van der Waals surface area contributed by atoms with Gasteiger partial charge >= 0.3 is 80.9 Å². The first kappa shape index (κ1) is 59.8. The molecule has 2 unspecified atom stereocenters. The van der Waals surface area contributed by atoms with Gasteiger partial charge in [-0.15, -0.1) is 0 Å². The summed E-state index contributed by atoms with van der Waals surface area (Å²) in [7, 11) is -4.72. The first-order valence-corrected chi connectivity index (χ1v) is 27.0. The van der Waals surface area contributed by atoms with E-state index in [0.717, 1.165) is 108 Å². The molecule has 0 aromatic carbocycles. The molecule has 4 aromatic rings. The Morgan fingerprint density at radius 1 is 0.746 bits per heavy atom. The van der Waals surface area contributed by atoms with Crippen molar-refractivity contribution >= 4 is 10.1 Å². The molecular formula is C54H70KN8NaO6S. The Bertz CT molecular complexity index is 2430. The molecule has 17 heteroatoms. The van der Waals surface area contributed by atoms with E-state index >= 15 is 0 Å². The van der Waals surface area contributed by atoms with Crippen LogP contribution in [0.25, 0.3) is 0 Å². The summed E-state index contributed by atoms with van der Waals surface area (Å²) in [4.78, 5) is 20.6. The molecule has 71 heavy (non-hydrogen) atoms. The molecule has 0 amide bonds. The van der Waals surface area contributed by atoms with Gasteiger partial charge in [0.25, 0.3) is 0 Å². The Labute approximate surface area is 487 Å². The molecule has 2 saturated heterocycles. The van der Waals surface area contributed by atoms with Crippen molar-refractivity contribution in [2.75, 3.05) is 39.4 Å². The molecule has 4 fully saturated rings. The SMILES string of the molecule is N#CC(c1cccnc1C1CC1)N1CC[C@@H](OCCCCc2ccc3c(n2)CCCC3)C1.O=S(=O)([O-])C(O)c1cccnc1C1CC1.[C-]#N.[K+].[Na+].c1cc2c(nc1CCCCO[C@@H]1CCNC1)CCCC2. The Morgan fingerprint density at radius 2 is 1.27 bits per heavy atom. The number of rotatable bonds is 18. The van der Waals surface area contributed by atoms with E-state index in [4.69, 9.17) is 31.3 Å². The number of unbranched alkanes of at least 4 members (excludes halogenated alkanes) is 2. The van der Waals surface area contributed by atoms with Crippen molar-refractivity contribution in [1.82, 2.24) is 30.2 Å². The van der Waals surface area contributed by atoms with Gasteiger partial charge in [-0.3, -0.25) is 24.8 Å². The van der Waals surface area contributed by atoms with Crippen LogP contribution in [0.2, 0.25) is 0 Å². The summed E-state index contributed by atoms with van der Waals surface area (Å²) in [6, 6.07) is 18.4. The molecule has 4 atom stereocenters. The van der Waals surface area contributed by atoms with Crippen LogP contribution in [-0.2, 0) is 58.1 Å². The van der Waals surface area contributed by atoms with E-state index in [1.54, 1.807) is 0 Å². The van der Waals surface area contributed by atoms with Crippen molar-refractivity contribution in [3.05, 3.63) is 124 Å². The summed E-state index contributed by atoms with van der Waals surface area (Å²) < 4.78 is 44.1. The number of aromatic nitrogens is 4. The number of fused-ring (bicyclic) bond motifs is 2. The van der Waals surface area contributed by atoms with Crippen LogP contribution in [0, 0.1) is 23.2 Å². The average molecular weight is 1020 g/mol. The Morgan fingerprint density at radius 3 is 1.77 bits per heavy atom. The number of ether oxygens (including phenoxy) is 2. The van der Waals surface area contributed by atoms with Gasteiger partial charge in [0.05, 0.1) is 24.0 Å². The maximum atomic E-state index is 10.7. The van der Waals surface area contributed by atoms with Crippen LogP contribution in [0.5, 0.6) is 0 Å². The minimum absolute atomic E-state index is 0. The molecular weight excluding hydrogens is 951 g/mol. The van der Waals surface area contributed by atoms with Crippen LogP contribution in [0.4, 0.5) is 0 Å². The topological polar surface area (TPSA) is 210 Å². The van der Waals surface area contributed by atoms with Crippen LogP contribution >= 0.6 is 0 Å². The van der Waals surface area contributed by atoms with E-state index in [0.29, 0.717) is 17.7 Å². The molecule has 2 aliphatic heterocycles. The van der Waals surface area contributed by atoms with E-state index < -0.39 is 15.6 Å². The van der Waals surface area contributed by atoms with E-state index in [9.17, 15) is 23.3 Å². The zero-order chi connectivity index (χ0) is 48.4. The second kappa shape index (κ2) is 31.1. The third kappa shape index (κ3) is 18.6. The molecule has 370 valence electrons. The standard InChI is InChI=1S/C27H34N4O.C17H26N2O.C9H11NO4S.CN.K.Na/c28-18-26(24-8-5-15-29-27(24)21-10-11-21)31-16-14-23(19-31)32-17-4-3-7-22-13-12-20-6-1-2-9-25(20)30-22;1-2-7-17-14(5-1)8-9-15(19-17)6-3-4-12-20-16-10-11-18-13-16;11-9(15(12,13)14)7-2-1-5-10-8(7)6-3-4-6;1-2;;/h5,8,12-13,15,21,23,26H,1-4,6-7,9-11,14,16-17,19H2;8-9,16,18H,1-7,10-13H2;1-2,5-6,9,11H,3-4H2,(H,12,13,14);;;/q;;;-1;2*+1/p-1/t23-,26?;16-;;;;/m11..../s1. The van der Waals surface area contributed by atoms with Gasteiger partial charge in [0.1, 0.15) is 16.2 Å². The fourth-order valence-electron chi connectivity index (χ4n) is 9.94. The molecule has 0 radical (unpaired) electrons. The number of aliphatic hydroxyl groups excluding tert-OH is 1. The Hall–Kier alpha value is -2.07. The third-order valence-corrected chi connectivity index (χ3v) is 14.8. The first-order valence-electron chi connectivity index (χ1n) is 25.5. The predicted octanol–water partition coefficient (Wildman–Crippen LogP) is 2.17. The molecule has 0 spiro atoms. The van der Waals surface area contributed by atoms with Crippen LogP contribution in [0.1, 0.15) is 170 Å². The van der Waals surface area contributed by atoms with Gasteiger partial charge in [-0.25, -0.2) is 8.42 Å². The van der Waals surface area contributed by atoms with Crippen molar-refractivity contribution in [1.29, 1.82) is 10.5 Å². The summed E-state index contributed by atoms with van der Waals surface area (Å²) in [5.74, 6) is 0.749. The first-order chi connectivity index (χ1) is 33.7. The number of hydrogen-bond acceptors (Lipinski definition) is 14. The van der Waals surface area contributed by atoms with Crippen LogP contribution in [0.15, 0.2) is 60.9 Å². The van der Waals surface area contributed by atoms with Crippen LogP contribution in [0.3, 0.4) is 0 Å². The number of hydrogen-bond donors (Lipinski definition) is 2. The van der Waals surface area contributed by atoms with Crippen molar-refractivity contribution in [3.63, 3.8) is 0 Å². The van der Waals surface area contributed by atoms with Gasteiger partial charge in [-0.1, -0.05) is 24.3 Å². The van der Waals surface area contributed by atoms with Crippen LogP contribution < -0.4 is 86.3 Å². The predicted molar refractivity (Wildman–Crippen MR) is 261 cm³/mol. The van der Waals surface area contributed by atoms with Gasteiger partial charge < -0.3 is 36.3 Å². The Balaban J connectivity index is 0.000000207. The zero-order valence-electron chi connectivity index (χ0n) is 42.1. The van der Waals surface area contributed by atoms with E-state index in [1.807, 2.05) is 12.3 Å². The maximum absolute atomic E-state index is 10.7. The number of nitrogens with zero attached hydrogens (tertiary/aromatic N) is 7. The van der Waals surface area contributed by atoms with Crippen LogP contribution in [-0.4, -0.2) is 94.5 Å². The number of aryl methyl sites for hydroxylation is 6. The van der Waals surface area contributed by atoms with E-state index in [-0.39, 0.29) is 105 Å². The van der Waals surface area contributed by atoms with Crippen molar-refractivity contribution < 1.29 is 108 Å². The summed E-state index contributed by atoms with van der Waals surface area (Å²) >= 11 is 0. The second-order valence-corrected chi connectivity index (χ2v) is 20.7. The number of aliphatic hydroxyl groups is 1. The number of nitriles is 1. The van der Waals surface area contributed by atoms with Gasteiger partial charge in [-0.2, -0.15) is 5.26 Å². The fourth-order valence-corrected chi connectivity index (χ4v) is 10.5. The quantitative estimate of drug-likeness (QED) is 0.0634. The average Bonchev–Trinajstić information content (AvgIpc) is 4.32. The third-order valence-electron chi connectivity index (χ3n) is 14.0. The smallest absolute Gasteiger partial charge is 0.746 e. The normalized spacial score (nSPS) is 20.0. The van der Waals surface area contributed by atoms with E-state index in [1.165, 1.54) is 123 Å². The molecule has 2 N–H and O–H groups in total. The summed E-state index contributed by atoms with van der Waals surface area (Å²) in [6.07, 6.45) is 27.2. The van der Waals surface area contributed by atoms with Gasteiger partial charge in [-0.05, 0) is 170 Å². The molecule has 0 bridgehead atoms. The fraction of sp³-hybridized carbons (Fsp3) is 0.593. The molecule has 4 aromatic heterocycles. The molecule has 10 rings (SSSR count). The summed E-state index contributed by atoms with van der Waals surface area (Å²) in [5.41, 5.74) is 9.04. The van der Waals surface area contributed by atoms with Crippen molar-refractivity contribution in [2.24, 2.45) is 0 Å². The number of likely N-dealkylation sites (tertiary alicyclic amines) is 1. The molecule has 4 aliphatic carbocycles. The molecule has 14 nitrogen and oxygen atoms in total. The Kier molecular flexibility index (Phi) is 26.2. The number of pyridine rings is 4. The molecule has 6 aliphatic rings. The second-order valence-electron chi connectivity index (χ2n) is 19.3. The maximum Gasteiger partial charge on any atom is 1.00 e. The zero-order valence-corrected chi connectivity index (χ0v) is 48.1. The van der Waals surface area contributed by atoms with Crippen molar-refractivity contribution in [3.8, 4) is 6.07 Å². The van der Waals surface area contributed by atoms with E-state index in [2.05, 4.69) is 56.6 Å². The van der Waals surface area contributed by atoms with Crippen molar-refractivity contribution in [2.45, 2.75) is 164 Å². The molecule has 2 saturated carbocycles. The minimum Gasteiger partial charge on any atom is -0.746 e. The minimum atomic E-state index is -4.72. The summed E-state index contributed by atoms with van der Waals surface area (Å²) in [6.45, 7) is 10.3. The summed E-state index contributed by atoms with van der Waals surface area (Å²) in [5, 5.41) is 28.9. The van der Waals surface area contributed by atoms with Gasteiger partial charge in [0.15, 0.2) is 5.44 Å². The molecule has 6 heterocycles. The number of nitrogens with one attached hydrogen (secondary N) is 1. The monoisotopic (exact) mass is 1020 g/mol. The van der Waals surface area contributed by atoms with Gasteiger partial charge in [0, 0.05) is 96.7 Å².